The van der Waals surface area contributed by atoms with Gasteiger partial charge in [-0.1, -0.05) is 121 Å². The van der Waals surface area contributed by atoms with E-state index in [-0.39, 0.29) is 0 Å². The van der Waals surface area contributed by atoms with Gasteiger partial charge in [0.2, 0.25) is 0 Å². The van der Waals surface area contributed by atoms with E-state index in [1.165, 1.54) is 70.6 Å². The lowest BCUT2D eigenvalue weighted by Crippen LogP contribution is -2.47. The first-order valence-corrected chi connectivity index (χ1v) is 14.9. The average molecular weight is 452 g/mol. The second-order valence-electron chi connectivity index (χ2n) is 12.0. The summed E-state index contributed by atoms with van der Waals surface area (Å²) in [5.74, 6) is 5.67. The van der Waals surface area contributed by atoms with Gasteiger partial charge in [-0.3, -0.25) is 0 Å². The number of hydrogen-bond acceptors (Lipinski definition) is 1. The summed E-state index contributed by atoms with van der Waals surface area (Å²) in [5, 5.41) is 4.23. The molecule has 8 unspecified atom stereocenters. The Balaban J connectivity index is 5.35. The van der Waals surface area contributed by atoms with Crippen molar-refractivity contribution in [1.82, 2.24) is 5.32 Å². The lowest BCUT2D eigenvalue weighted by Gasteiger charge is -2.39. The number of unbranched alkanes of at least 4 members (excludes halogenated alkanes) is 2. The molecule has 0 aromatic rings. The molecule has 1 N–H and O–H groups in total. The summed E-state index contributed by atoms with van der Waals surface area (Å²) in [6, 6.07) is 1.28. The molecule has 0 amide bonds. The summed E-state index contributed by atoms with van der Waals surface area (Å²) in [4.78, 5) is 0. The molecule has 0 radical (unpaired) electrons. The molecular weight excluding hydrogens is 386 g/mol. The smallest absolute Gasteiger partial charge is 0.00979 e. The van der Waals surface area contributed by atoms with Crippen molar-refractivity contribution >= 4 is 0 Å². The predicted octanol–water partition coefficient (Wildman–Crippen LogP) is 10.1. The number of nitrogens with one attached hydrogen (secondary N) is 1. The quantitative estimate of drug-likeness (QED) is 0.194. The minimum absolute atomic E-state index is 0.595. The van der Waals surface area contributed by atoms with E-state index in [4.69, 9.17) is 0 Å². The molecule has 0 aromatic carbocycles. The maximum Gasteiger partial charge on any atom is 0.00979 e. The largest absolute Gasteiger partial charge is 0.311 e. The van der Waals surface area contributed by atoms with Crippen molar-refractivity contribution in [3.8, 4) is 0 Å². The van der Waals surface area contributed by atoms with Crippen LogP contribution in [0.15, 0.2) is 0 Å². The van der Waals surface area contributed by atoms with Gasteiger partial charge in [-0.2, -0.15) is 0 Å². The van der Waals surface area contributed by atoms with Crippen LogP contribution in [0, 0.1) is 41.4 Å². The molecule has 32 heavy (non-hydrogen) atoms. The summed E-state index contributed by atoms with van der Waals surface area (Å²) >= 11 is 0. The van der Waals surface area contributed by atoms with Crippen LogP contribution < -0.4 is 5.32 Å². The molecule has 0 bridgehead atoms. The third-order valence-electron chi connectivity index (χ3n) is 9.05. The molecule has 194 valence electrons. The summed E-state index contributed by atoms with van der Waals surface area (Å²) in [6.07, 6.45) is 15.0. The highest BCUT2D eigenvalue weighted by Crippen LogP contribution is 2.36. The lowest BCUT2D eigenvalue weighted by molar-refractivity contribution is 0.134. The fraction of sp³-hybridized carbons (Fsp3) is 1.00. The number of hydrogen-bond donors (Lipinski definition) is 1. The molecule has 0 aliphatic rings. The fourth-order valence-electron chi connectivity index (χ4n) is 5.94. The molecule has 0 saturated heterocycles. The topological polar surface area (TPSA) is 12.0 Å². The van der Waals surface area contributed by atoms with Crippen molar-refractivity contribution in [2.45, 2.75) is 159 Å². The van der Waals surface area contributed by atoms with E-state index in [1.807, 2.05) is 0 Å². The van der Waals surface area contributed by atoms with Gasteiger partial charge in [0.1, 0.15) is 0 Å². The Hall–Kier alpha value is -0.0400. The highest BCUT2D eigenvalue weighted by molar-refractivity contribution is 4.86. The normalized spacial score (nSPS) is 19.9. The maximum absolute atomic E-state index is 4.23. The van der Waals surface area contributed by atoms with Crippen LogP contribution in [0.4, 0.5) is 0 Å². The van der Waals surface area contributed by atoms with Crippen LogP contribution in [0.3, 0.4) is 0 Å². The standard InChI is InChI=1S/C31H65N/c1-12-16-20-24(7)30(18-14-3)27(10)26(9)28(11)32-31(19-15-4)29(21-17-13-2)22-25(8)23(5)6/h23-32H,12-22H2,1-11H3. The van der Waals surface area contributed by atoms with Crippen LogP contribution in [0.25, 0.3) is 0 Å². The fourth-order valence-corrected chi connectivity index (χ4v) is 5.94. The zero-order valence-corrected chi connectivity index (χ0v) is 24.5. The van der Waals surface area contributed by atoms with E-state index < -0.39 is 0 Å². The van der Waals surface area contributed by atoms with Gasteiger partial charge >= 0.3 is 0 Å². The van der Waals surface area contributed by atoms with E-state index in [0.717, 1.165) is 41.4 Å². The summed E-state index contributed by atoms with van der Waals surface area (Å²) in [5.41, 5.74) is 0. The molecular formula is C31H65N. The van der Waals surface area contributed by atoms with Crippen molar-refractivity contribution in [3.63, 3.8) is 0 Å². The highest BCUT2D eigenvalue weighted by Gasteiger charge is 2.32. The monoisotopic (exact) mass is 452 g/mol. The van der Waals surface area contributed by atoms with Crippen LogP contribution in [0.2, 0.25) is 0 Å². The molecule has 0 rings (SSSR count). The van der Waals surface area contributed by atoms with Crippen LogP contribution in [0.5, 0.6) is 0 Å². The molecule has 0 heterocycles. The molecule has 0 aliphatic carbocycles. The minimum Gasteiger partial charge on any atom is -0.311 e. The molecule has 1 heteroatoms. The Morgan fingerprint density at radius 2 is 1.12 bits per heavy atom. The van der Waals surface area contributed by atoms with Crippen LogP contribution in [-0.2, 0) is 0 Å². The molecule has 0 spiro atoms. The Morgan fingerprint density at radius 3 is 1.62 bits per heavy atom. The van der Waals surface area contributed by atoms with Gasteiger partial charge in [-0.25, -0.2) is 0 Å². The molecule has 0 aliphatic heterocycles. The minimum atomic E-state index is 0.595. The molecule has 0 fully saturated rings. The Kier molecular flexibility index (Phi) is 18.3. The van der Waals surface area contributed by atoms with Gasteiger partial charge in [0.15, 0.2) is 0 Å². The van der Waals surface area contributed by atoms with Crippen LogP contribution in [0.1, 0.15) is 147 Å². The maximum atomic E-state index is 4.23. The lowest BCUT2D eigenvalue weighted by atomic mass is 9.71. The molecule has 8 atom stereocenters. The van der Waals surface area contributed by atoms with Gasteiger partial charge in [0.05, 0.1) is 0 Å². The first-order valence-electron chi connectivity index (χ1n) is 14.9. The first-order chi connectivity index (χ1) is 15.1. The number of rotatable bonds is 20. The summed E-state index contributed by atoms with van der Waals surface area (Å²) in [7, 11) is 0. The van der Waals surface area contributed by atoms with Crippen molar-refractivity contribution in [2.75, 3.05) is 0 Å². The predicted molar refractivity (Wildman–Crippen MR) is 148 cm³/mol. The van der Waals surface area contributed by atoms with E-state index in [1.54, 1.807) is 0 Å². The third kappa shape index (κ3) is 11.9. The summed E-state index contributed by atoms with van der Waals surface area (Å²) < 4.78 is 0. The van der Waals surface area contributed by atoms with Gasteiger partial charge in [0, 0.05) is 12.1 Å². The SMILES string of the molecule is CCCCC(C)C(CCC)C(C)C(C)C(C)NC(CCC)C(CCCC)CC(C)C(C)C. The van der Waals surface area contributed by atoms with Crippen molar-refractivity contribution in [1.29, 1.82) is 0 Å². The van der Waals surface area contributed by atoms with Crippen LogP contribution in [-0.4, -0.2) is 12.1 Å². The van der Waals surface area contributed by atoms with E-state index >= 15 is 0 Å². The molecule has 0 saturated carbocycles. The third-order valence-corrected chi connectivity index (χ3v) is 9.05. The van der Waals surface area contributed by atoms with Gasteiger partial charge < -0.3 is 5.32 Å². The molecule has 1 nitrogen and oxygen atoms in total. The highest BCUT2D eigenvalue weighted by atomic mass is 15.0. The summed E-state index contributed by atoms with van der Waals surface area (Å²) in [6.45, 7) is 26.9. The van der Waals surface area contributed by atoms with Gasteiger partial charge in [-0.15, -0.1) is 0 Å². The Labute approximate surface area is 205 Å². The van der Waals surface area contributed by atoms with Crippen molar-refractivity contribution < 1.29 is 0 Å². The van der Waals surface area contributed by atoms with E-state index in [0.29, 0.717) is 12.1 Å². The zero-order valence-electron chi connectivity index (χ0n) is 24.5. The average Bonchev–Trinajstić information content (AvgIpc) is 2.76. The zero-order chi connectivity index (χ0) is 24.7. The van der Waals surface area contributed by atoms with E-state index in [9.17, 15) is 0 Å². The van der Waals surface area contributed by atoms with Crippen molar-refractivity contribution in [3.05, 3.63) is 0 Å². The van der Waals surface area contributed by atoms with Crippen LogP contribution >= 0.6 is 0 Å². The Morgan fingerprint density at radius 1 is 0.562 bits per heavy atom. The second kappa shape index (κ2) is 18.3. The van der Waals surface area contributed by atoms with Gasteiger partial charge in [0.25, 0.3) is 0 Å². The first kappa shape index (κ1) is 32.0. The Bertz CT molecular complexity index is 417. The molecule has 0 aromatic heterocycles. The second-order valence-corrected chi connectivity index (χ2v) is 12.0. The van der Waals surface area contributed by atoms with Crippen molar-refractivity contribution in [2.24, 2.45) is 41.4 Å². The van der Waals surface area contributed by atoms with Gasteiger partial charge in [-0.05, 0) is 67.6 Å². The van der Waals surface area contributed by atoms with E-state index in [2.05, 4.69) is 81.5 Å².